The van der Waals surface area contributed by atoms with Crippen LogP contribution in [0.2, 0.25) is 0 Å². The summed E-state index contributed by atoms with van der Waals surface area (Å²) in [4.78, 5) is 15.4. The summed E-state index contributed by atoms with van der Waals surface area (Å²) in [5.41, 5.74) is 11.3. The lowest BCUT2D eigenvalue weighted by Crippen LogP contribution is -2.06. The molecule has 52 heavy (non-hydrogen) atoms. The predicted octanol–water partition coefficient (Wildman–Crippen LogP) is 11.9. The van der Waals surface area contributed by atoms with E-state index in [9.17, 15) is 0 Å². The van der Waals surface area contributed by atoms with E-state index >= 15 is 0 Å². The van der Waals surface area contributed by atoms with Crippen molar-refractivity contribution < 1.29 is 13.6 Å². The molecule has 0 saturated heterocycles. The van der Waals surface area contributed by atoms with Gasteiger partial charge in [-0.2, -0.15) is 0 Å². The molecule has 0 bridgehead atoms. The second kappa shape index (κ2) is 11.2. The molecule has 0 radical (unpaired) electrons. The molecule has 6 nitrogen and oxygen atoms in total. The molecule has 0 saturated carbocycles. The minimum atomic E-state index is 0.524. The molecule has 1 aliphatic rings. The van der Waals surface area contributed by atoms with E-state index in [1.54, 1.807) is 0 Å². The van der Waals surface area contributed by atoms with Crippen LogP contribution in [0.1, 0.15) is 5.56 Å². The Morgan fingerprint density at radius 2 is 0.885 bits per heavy atom. The summed E-state index contributed by atoms with van der Waals surface area (Å²) in [6, 6.07) is 51.5. The van der Waals surface area contributed by atoms with Crippen LogP contribution in [0.15, 0.2) is 160 Å². The van der Waals surface area contributed by atoms with E-state index in [1.807, 2.05) is 72.8 Å². The lowest BCUT2D eigenvalue weighted by molar-refractivity contribution is 0.302. The largest absolute Gasteiger partial charge is 0.488 e. The standard InChI is InChI=1S/C46H27N3O3/c1-5-20-39-31(11-1)33-15-8-17-36(42(33)51-39)45-47-44(48-46(49-45)37-18-9-16-34-32-12-2-6-21-40(32)52-43(34)37)28-24-22-27(23-25-28)30-14-7-10-29-26-50-38-19-4-3-13-35(38)41(29)30/h1-25H,26H2. The Morgan fingerprint density at radius 3 is 1.56 bits per heavy atom. The highest BCUT2D eigenvalue weighted by Crippen LogP contribution is 2.44. The summed E-state index contributed by atoms with van der Waals surface area (Å²) in [6.07, 6.45) is 0. The lowest BCUT2D eigenvalue weighted by atomic mass is 9.89. The number of nitrogens with zero attached hydrogens (tertiary/aromatic N) is 3. The van der Waals surface area contributed by atoms with Crippen LogP contribution in [0.3, 0.4) is 0 Å². The summed E-state index contributed by atoms with van der Waals surface area (Å²) < 4.78 is 19.0. The van der Waals surface area contributed by atoms with Crippen molar-refractivity contribution in [1.29, 1.82) is 0 Å². The van der Waals surface area contributed by atoms with E-state index in [4.69, 9.17) is 28.5 Å². The van der Waals surface area contributed by atoms with Crippen molar-refractivity contribution in [2.24, 2.45) is 0 Å². The van der Waals surface area contributed by atoms with Crippen molar-refractivity contribution in [3.8, 4) is 62.2 Å². The van der Waals surface area contributed by atoms with E-state index in [-0.39, 0.29) is 0 Å². The first-order valence-corrected chi connectivity index (χ1v) is 17.3. The van der Waals surface area contributed by atoms with Crippen molar-refractivity contribution in [2.75, 3.05) is 0 Å². The molecular formula is C46H27N3O3. The third kappa shape index (κ3) is 4.41. The highest BCUT2D eigenvalue weighted by Gasteiger charge is 2.22. The molecule has 4 heterocycles. The summed E-state index contributed by atoms with van der Waals surface area (Å²) in [5, 5.41) is 4.12. The average Bonchev–Trinajstić information content (AvgIpc) is 3.79. The molecule has 1 aliphatic heterocycles. The van der Waals surface area contributed by atoms with Gasteiger partial charge in [0.25, 0.3) is 0 Å². The number of aromatic nitrogens is 3. The SMILES string of the molecule is c1ccc2c(c1)OCc1cccc(-c3ccc(-c4nc(-c5cccc6c5oc5ccccc56)nc(-c5cccc6c5oc5ccccc56)n4)cc3)c1-2. The Balaban J connectivity index is 1.10. The van der Waals surface area contributed by atoms with Gasteiger partial charge in [0.05, 0.1) is 11.1 Å². The molecule has 0 N–H and O–H groups in total. The zero-order valence-corrected chi connectivity index (χ0v) is 27.7. The number of benzene rings is 7. The van der Waals surface area contributed by atoms with E-state index in [0.717, 1.165) is 83.0 Å². The maximum atomic E-state index is 6.45. The minimum absolute atomic E-state index is 0.524. The van der Waals surface area contributed by atoms with Gasteiger partial charge >= 0.3 is 0 Å². The Morgan fingerprint density at radius 1 is 0.385 bits per heavy atom. The van der Waals surface area contributed by atoms with E-state index in [0.29, 0.717) is 24.1 Å². The van der Waals surface area contributed by atoms with Crippen LogP contribution in [-0.2, 0) is 6.61 Å². The fourth-order valence-corrected chi connectivity index (χ4v) is 7.62. The number of furan rings is 2. The predicted molar refractivity (Wildman–Crippen MR) is 206 cm³/mol. The van der Waals surface area contributed by atoms with Gasteiger partial charge in [0, 0.05) is 32.7 Å². The molecule has 3 aromatic heterocycles. The van der Waals surface area contributed by atoms with Gasteiger partial charge < -0.3 is 13.6 Å². The monoisotopic (exact) mass is 669 g/mol. The zero-order chi connectivity index (χ0) is 34.2. The first kappa shape index (κ1) is 28.8. The molecule has 0 fully saturated rings. The van der Waals surface area contributed by atoms with Gasteiger partial charge in [-0.15, -0.1) is 0 Å². The Labute approximate surface area is 297 Å². The van der Waals surface area contributed by atoms with Crippen LogP contribution in [-0.4, -0.2) is 15.0 Å². The van der Waals surface area contributed by atoms with Gasteiger partial charge in [0.1, 0.15) is 34.7 Å². The van der Waals surface area contributed by atoms with Gasteiger partial charge in [0.15, 0.2) is 17.5 Å². The zero-order valence-electron chi connectivity index (χ0n) is 27.7. The second-order valence-electron chi connectivity index (χ2n) is 13.1. The third-order valence-corrected chi connectivity index (χ3v) is 10.1. The van der Waals surface area contributed by atoms with E-state index < -0.39 is 0 Å². The van der Waals surface area contributed by atoms with Crippen molar-refractivity contribution in [1.82, 2.24) is 15.0 Å². The Hall–Kier alpha value is -7.05. The number of ether oxygens (including phenoxy) is 1. The number of rotatable bonds is 4. The summed E-state index contributed by atoms with van der Waals surface area (Å²) in [6.45, 7) is 0.546. The summed E-state index contributed by atoms with van der Waals surface area (Å²) >= 11 is 0. The van der Waals surface area contributed by atoms with Crippen LogP contribution < -0.4 is 4.74 Å². The smallest absolute Gasteiger partial charge is 0.167 e. The van der Waals surface area contributed by atoms with Crippen LogP contribution in [0.25, 0.3) is 100 Å². The number of hydrogen-bond donors (Lipinski definition) is 0. The molecule has 0 aliphatic carbocycles. The molecule has 0 atom stereocenters. The Kier molecular flexibility index (Phi) is 6.21. The van der Waals surface area contributed by atoms with Crippen LogP contribution in [0.4, 0.5) is 0 Å². The van der Waals surface area contributed by atoms with Crippen LogP contribution in [0, 0.1) is 0 Å². The summed E-state index contributed by atoms with van der Waals surface area (Å²) in [5.74, 6) is 2.51. The molecular weight excluding hydrogens is 643 g/mol. The number of fused-ring (bicyclic) bond motifs is 9. The van der Waals surface area contributed by atoms with Crippen molar-refractivity contribution in [2.45, 2.75) is 6.61 Å². The van der Waals surface area contributed by atoms with Crippen LogP contribution in [0.5, 0.6) is 5.75 Å². The fourth-order valence-electron chi connectivity index (χ4n) is 7.62. The van der Waals surface area contributed by atoms with Gasteiger partial charge in [-0.05, 0) is 52.6 Å². The topological polar surface area (TPSA) is 74.2 Å². The molecule has 11 rings (SSSR count). The van der Waals surface area contributed by atoms with Crippen molar-refractivity contribution in [3.63, 3.8) is 0 Å². The van der Waals surface area contributed by atoms with E-state index in [2.05, 4.69) is 78.9 Å². The first-order chi connectivity index (χ1) is 25.8. The molecule has 0 amide bonds. The lowest BCUT2D eigenvalue weighted by Gasteiger charge is -2.23. The third-order valence-electron chi connectivity index (χ3n) is 10.1. The maximum Gasteiger partial charge on any atom is 0.167 e. The van der Waals surface area contributed by atoms with Gasteiger partial charge in [-0.3, -0.25) is 0 Å². The number of hydrogen-bond acceptors (Lipinski definition) is 6. The van der Waals surface area contributed by atoms with Crippen molar-refractivity contribution in [3.05, 3.63) is 157 Å². The minimum Gasteiger partial charge on any atom is -0.488 e. The highest BCUT2D eigenvalue weighted by atomic mass is 16.5. The fraction of sp³-hybridized carbons (Fsp3) is 0.0217. The van der Waals surface area contributed by atoms with E-state index in [1.165, 1.54) is 11.1 Å². The van der Waals surface area contributed by atoms with Gasteiger partial charge in [-0.1, -0.05) is 121 Å². The summed E-state index contributed by atoms with van der Waals surface area (Å²) in [7, 11) is 0. The highest BCUT2D eigenvalue weighted by molar-refractivity contribution is 6.10. The molecule has 7 aromatic carbocycles. The Bertz CT molecular complexity index is 2900. The van der Waals surface area contributed by atoms with Crippen molar-refractivity contribution >= 4 is 43.9 Å². The molecule has 244 valence electrons. The van der Waals surface area contributed by atoms with Crippen LogP contribution >= 0.6 is 0 Å². The second-order valence-corrected chi connectivity index (χ2v) is 13.1. The van der Waals surface area contributed by atoms with Gasteiger partial charge in [0.2, 0.25) is 0 Å². The molecule has 0 spiro atoms. The van der Waals surface area contributed by atoms with Gasteiger partial charge in [-0.25, -0.2) is 15.0 Å². The molecule has 0 unspecified atom stereocenters. The molecule has 10 aromatic rings. The molecule has 6 heteroatoms. The quantitative estimate of drug-likeness (QED) is 0.186. The maximum absolute atomic E-state index is 6.45. The number of para-hydroxylation sites is 5. The first-order valence-electron chi connectivity index (χ1n) is 17.3. The normalized spacial score (nSPS) is 12.3. The average molecular weight is 670 g/mol.